The van der Waals surface area contributed by atoms with E-state index in [0.29, 0.717) is 12.2 Å². The molecular weight excluding hydrogens is 300 g/mol. The third-order valence-electron chi connectivity index (χ3n) is 4.69. The van der Waals surface area contributed by atoms with E-state index in [1.54, 1.807) is 0 Å². The fourth-order valence-electron chi connectivity index (χ4n) is 3.24. The Bertz CT molecular complexity index is 781. The number of nitrogens with zero attached hydrogens (tertiary/aromatic N) is 1. The van der Waals surface area contributed by atoms with Crippen molar-refractivity contribution in [1.29, 1.82) is 0 Å². The lowest BCUT2D eigenvalue weighted by atomic mass is 9.77. The fraction of sp³-hybridized carbons (Fsp3) is 0.300. The molecule has 2 aromatic carbocycles. The monoisotopic (exact) mass is 322 g/mol. The second-order valence-electron chi connectivity index (χ2n) is 6.79. The van der Waals surface area contributed by atoms with Gasteiger partial charge in [0.1, 0.15) is 6.61 Å². The molecule has 24 heavy (non-hydrogen) atoms. The van der Waals surface area contributed by atoms with Crippen LogP contribution >= 0.6 is 0 Å². The molecule has 0 saturated heterocycles. The molecule has 1 unspecified atom stereocenters. The van der Waals surface area contributed by atoms with Crippen LogP contribution in [0.3, 0.4) is 0 Å². The molecule has 124 valence electrons. The first-order valence-electron chi connectivity index (χ1n) is 8.09. The summed E-state index contributed by atoms with van der Waals surface area (Å²) in [5.74, 6) is -0.0941. The Labute approximate surface area is 142 Å². The number of hydrogen-bond donors (Lipinski definition) is 1. The summed E-state index contributed by atoms with van der Waals surface area (Å²) in [5, 5.41) is 0. The number of rotatable bonds is 5. The Morgan fingerprint density at radius 1 is 1.29 bits per heavy atom. The van der Waals surface area contributed by atoms with E-state index in [0.717, 1.165) is 23.2 Å². The minimum absolute atomic E-state index is 0.0331. The van der Waals surface area contributed by atoms with E-state index in [2.05, 4.69) is 24.9 Å². The second kappa shape index (κ2) is 6.48. The van der Waals surface area contributed by atoms with Crippen LogP contribution in [0.2, 0.25) is 0 Å². The molecule has 4 nitrogen and oxygen atoms in total. The van der Waals surface area contributed by atoms with Crippen molar-refractivity contribution in [3.8, 4) is 0 Å². The average Bonchev–Trinajstić information content (AvgIpc) is 2.57. The first kappa shape index (κ1) is 16.2. The molecule has 1 aliphatic rings. The van der Waals surface area contributed by atoms with Crippen LogP contribution in [0.5, 0.6) is 0 Å². The van der Waals surface area contributed by atoms with Gasteiger partial charge in [0.15, 0.2) is 0 Å². The highest BCUT2D eigenvalue weighted by molar-refractivity contribution is 5.72. The van der Waals surface area contributed by atoms with Gasteiger partial charge in [-0.3, -0.25) is 9.79 Å². The van der Waals surface area contributed by atoms with Crippen molar-refractivity contribution in [2.75, 3.05) is 12.3 Å². The van der Waals surface area contributed by atoms with Gasteiger partial charge < -0.3 is 10.5 Å². The molecule has 1 aliphatic heterocycles. The third-order valence-corrected chi connectivity index (χ3v) is 4.69. The van der Waals surface area contributed by atoms with Crippen LogP contribution in [0.25, 0.3) is 0 Å². The molecule has 0 fully saturated rings. The average molecular weight is 322 g/mol. The lowest BCUT2D eigenvalue weighted by Gasteiger charge is -2.30. The van der Waals surface area contributed by atoms with Gasteiger partial charge in [0, 0.05) is 17.8 Å². The number of carbonyl (C=O) groups is 1. The highest BCUT2D eigenvalue weighted by Crippen LogP contribution is 2.40. The van der Waals surface area contributed by atoms with Crippen LogP contribution < -0.4 is 5.73 Å². The molecule has 2 N–H and O–H groups in total. The van der Waals surface area contributed by atoms with Crippen molar-refractivity contribution in [3.05, 3.63) is 59.2 Å². The van der Waals surface area contributed by atoms with Crippen LogP contribution in [0.15, 0.2) is 47.5 Å². The molecule has 0 radical (unpaired) electrons. The molecule has 2 aromatic rings. The van der Waals surface area contributed by atoms with E-state index in [1.165, 1.54) is 5.56 Å². The zero-order chi connectivity index (χ0) is 17.2. The molecule has 0 bridgehead atoms. The summed E-state index contributed by atoms with van der Waals surface area (Å²) in [5.41, 5.74) is 11.2. The number of benzene rings is 2. The Kier molecular flexibility index (Phi) is 4.38. The van der Waals surface area contributed by atoms with Gasteiger partial charge >= 0.3 is 0 Å². The molecule has 1 heterocycles. The first-order valence-corrected chi connectivity index (χ1v) is 8.09. The normalized spacial score (nSPS) is 16.2. The van der Waals surface area contributed by atoms with Gasteiger partial charge in [0.2, 0.25) is 0 Å². The Morgan fingerprint density at radius 2 is 2.08 bits per heavy atom. The molecule has 3 rings (SSSR count). The van der Waals surface area contributed by atoms with Crippen molar-refractivity contribution in [2.24, 2.45) is 4.99 Å². The van der Waals surface area contributed by atoms with Gasteiger partial charge in [-0.2, -0.15) is 0 Å². The Balaban J connectivity index is 2.07. The number of ether oxygens (including phenoxy) is 1. The molecule has 0 saturated carbocycles. The molecule has 0 aromatic heterocycles. The summed E-state index contributed by atoms with van der Waals surface area (Å²) in [7, 11) is 0. The standard InChI is InChI=1S/C20H22N2O2/c1-20(2)9-10-22-19-8-7-14(11-17(19)20)16(12-24-13-23)15-5-3-4-6-18(15)21/h3-8,10-11,13,16H,9,12,21H2,1-2H3. The predicted molar refractivity (Wildman–Crippen MR) is 97.0 cm³/mol. The number of anilines is 1. The zero-order valence-corrected chi connectivity index (χ0v) is 14.0. The highest BCUT2D eigenvalue weighted by atomic mass is 16.5. The molecule has 1 atom stereocenters. The van der Waals surface area contributed by atoms with Crippen LogP contribution in [-0.4, -0.2) is 19.3 Å². The zero-order valence-electron chi connectivity index (χ0n) is 14.0. The number of nitrogen functional groups attached to an aromatic ring is 1. The lowest BCUT2D eigenvalue weighted by Crippen LogP contribution is -2.21. The Morgan fingerprint density at radius 3 is 2.83 bits per heavy atom. The predicted octanol–water partition coefficient (Wildman–Crippen LogP) is 3.96. The quantitative estimate of drug-likeness (QED) is 0.669. The fourth-order valence-corrected chi connectivity index (χ4v) is 3.24. The summed E-state index contributed by atoms with van der Waals surface area (Å²) in [6.45, 7) is 5.18. The Hall–Kier alpha value is -2.62. The molecule has 4 heteroatoms. The van der Waals surface area contributed by atoms with E-state index in [-0.39, 0.29) is 17.9 Å². The van der Waals surface area contributed by atoms with E-state index >= 15 is 0 Å². The van der Waals surface area contributed by atoms with Gasteiger partial charge in [-0.05, 0) is 40.7 Å². The largest absolute Gasteiger partial charge is 0.467 e. The van der Waals surface area contributed by atoms with E-state index in [1.807, 2.05) is 42.6 Å². The van der Waals surface area contributed by atoms with Gasteiger partial charge in [0.05, 0.1) is 5.69 Å². The maximum absolute atomic E-state index is 10.7. The second-order valence-corrected chi connectivity index (χ2v) is 6.79. The van der Waals surface area contributed by atoms with Gasteiger partial charge in [-0.1, -0.05) is 44.2 Å². The van der Waals surface area contributed by atoms with E-state index in [9.17, 15) is 4.79 Å². The highest BCUT2D eigenvalue weighted by Gasteiger charge is 2.27. The van der Waals surface area contributed by atoms with Crippen molar-refractivity contribution >= 4 is 24.1 Å². The number of nitrogens with two attached hydrogens (primary N) is 1. The van der Waals surface area contributed by atoms with Crippen molar-refractivity contribution in [1.82, 2.24) is 0 Å². The lowest BCUT2D eigenvalue weighted by molar-refractivity contribution is -0.128. The van der Waals surface area contributed by atoms with Gasteiger partial charge in [0.25, 0.3) is 6.47 Å². The number of aliphatic imine (C=N–C) groups is 1. The number of carbonyl (C=O) groups excluding carboxylic acids is 1. The van der Waals surface area contributed by atoms with Crippen molar-refractivity contribution in [2.45, 2.75) is 31.6 Å². The molecular formula is C20H22N2O2. The first-order chi connectivity index (χ1) is 11.5. The third kappa shape index (κ3) is 3.04. The maximum Gasteiger partial charge on any atom is 0.293 e. The van der Waals surface area contributed by atoms with Crippen LogP contribution in [0.1, 0.15) is 42.9 Å². The summed E-state index contributed by atoms with van der Waals surface area (Å²) in [4.78, 5) is 15.2. The molecule has 0 amide bonds. The number of para-hydroxylation sites is 1. The van der Waals surface area contributed by atoms with Crippen LogP contribution in [0, 0.1) is 0 Å². The number of fused-ring (bicyclic) bond motifs is 1. The summed E-state index contributed by atoms with van der Waals surface area (Å²) in [6.07, 6.45) is 2.89. The van der Waals surface area contributed by atoms with Gasteiger partial charge in [-0.15, -0.1) is 0 Å². The number of hydrogen-bond acceptors (Lipinski definition) is 4. The SMILES string of the molecule is CC1(C)CC=Nc2ccc(C(COC=O)c3ccccc3N)cc21. The van der Waals surface area contributed by atoms with Gasteiger partial charge in [-0.25, -0.2) is 0 Å². The summed E-state index contributed by atoms with van der Waals surface area (Å²) < 4.78 is 5.09. The van der Waals surface area contributed by atoms with Crippen molar-refractivity contribution < 1.29 is 9.53 Å². The van der Waals surface area contributed by atoms with E-state index < -0.39 is 0 Å². The smallest absolute Gasteiger partial charge is 0.293 e. The minimum atomic E-state index is -0.0941. The molecule has 0 aliphatic carbocycles. The summed E-state index contributed by atoms with van der Waals surface area (Å²) >= 11 is 0. The maximum atomic E-state index is 10.7. The van der Waals surface area contributed by atoms with Crippen LogP contribution in [0.4, 0.5) is 11.4 Å². The van der Waals surface area contributed by atoms with Crippen LogP contribution in [-0.2, 0) is 14.9 Å². The molecule has 0 spiro atoms. The van der Waals surface area contributed by atoms with Crippen molar-refractivity contribution in [3.63, 3.8) is 0 Å². The topological polar surface area (TPSA) is 64.7 Å². The summed E-state index contributed by atoms with van der Waals surface area (Å²) in [6, 6.07) is 14.0. The minimum Gasteiger partial charge on any atom is -0.467 e. The van der Waals surface area contributed by atoms with E-state index in [4.69, 9.17) is 10.5 Å².